The van der Waals surface area contributed by atoms with Crippen molar-refractivity contribution in [3.8, 4) is 0 Å². The number of carboxylic acid groups (broad SMARTS) is 2. The van der Waals surface area contributed by atoms with Crippen molar-refractivity contribution in [3.05, 3.63) is 71.9 Å². The van der Waals surface area contributed by atoms with E-state index in [1.165, 1.54) is 4.90 Å². The van der Waals surface area contributed by atoms with Crippen molar-refractivity contribution in [1.29, 1.82) is 5.41 Å². The lowest BCUT2D eigenvalue weighted by Crippen LogP contribution is -2.60. The number of nitrogens with zero attached hydrogens (tertiary/aromatic N) is 1. The number of aromatic amines is 1. The van der Waals surface area contributed by atoms with Gasteiger partial charge in [0.2, 0.25) is 35.4 Å². The zero-order valence-electron chi connectivity index (χ0n) is 40.1. The molecule has 0 spiro atoms. The van der Waals surface area contributed by atoms with Gasteiger partial charge in [-0.05, 0) is 93.7 Å². The first kappa shape index (κ1) is 54.2. The molecule has 3 aliphatic rings. The van der Waals surface area contributed by atoms with E-state index in [1.807, 2.05) is 24.3 Å². The highest BCUT2D eigenvalue weighted by atomic mass is 16.4. The zero-order valence-corrected chi connectivity index (χ0v) is 40.1. The third-order valence-electron chi connectivity index (χ3n) is 13.5. The van der Waals surface area contributed by atoms with Gasteiger partial charge in [0.1, 0.15) is 30.2 Å². The summed E-state index contributed by atoms with van der Waals surface area (Å²) >= 11 is 0. The summed E-state index contributed by atoms with van der Waals surface area (Å²) < 4.78 is 0. The van der Waals surface area contributed by atoms with Gasteiger partial charge in [0, 0.05) is 49.2 Å². The third kappa shape index (κ3) is 16.0. The molecule has 72 heavy (non-hydrogen) atoms. The molecule has 0 radical (unpaired) electrons. The number of rotatable bonds is 18. The molecule has 2 aliphatic heterocycles. The fraction of sp³-hybridized carbons (Fsp3) is 0.531. The molecule has 15 N–H and O–H groups in total. The number of aliphatic carboxylic acids is 2. The lowest BCUT2D eigenvalue weighted by atomic mass is 9.83. The Bertz CT molecular complexity index is 2390. The number of aliphatic hydroxyl groups excluding tert-OH is 1. The average molecular weight is 1000 g/mol. The molecule has 1 saturated carbocycles. The maximum Gasteiger partial charge on any atom is 0.317 e. The van der Waals surface area contributed by atoms with E-state index in [4.69, 9.17) is 11.1 Å². The van der Waals surface area contributed by atoms with Crippen LogP contribution in [-0.4, -0.2) is 160 Å². The average Bonchev–Trinajstić information content (AvgIpc) is 3.98. The van der Waals surface area contributed by atoms with Crippen molar-refractivity contribution in [2.75, 3.05) is 32.7 Å². The minimum absolute atomic E-state index is 0.0227. The van der Waals surface area contributed by atoms with Gasteiger partial charge in [0.25, 0.3) is 0 Å². The van der Waals surface area contributed by atoms with Crippen LogP contribution in [0.15, 0.2) is 60.8 Å². The number of benzene rings is 2. The molecule has 0 bridgehead atoms. The van der Waals surface area contributed by atoms with Crippen LogP contribution in [0.5, 0.6) is 0 Å². The van der Waals surface area contributed by atoms with Gasteiger partial charge >= 0.3 is 11.9 Å². The standard InChI is InChI=1S/C49H68N12O11/c50-49(51)53-19-6-12-35-43(67)52-18-7-13-36(58-44(68)37(56-26-42(65)66)20-28-8-2-1-3-9-28)48(72)61-27-31(54-25-41(63)64)23-40(61)47(71)60-38(21-29-14-16-32(62)17-15-29)45(69)59-39(46(70)57-35)22-30-24-55-34-11-5-4-10-33(30)34/h1-5,8-11,24,29,31-32,35-40,54-56,62H,6-7,12-23,25-27H2,(H,52,67)(H,57,70)(H,58,68)(H,59,69)(H,60,71)(H,63,64)(H,65,66)(H4,50,51,53)/t29-,31-,32+,35+,36+,37+,38-,39+,40+/m1/s1. The number of nitrogens with one attached hydrogen (secondary N) is 10. The molecule has 2 saturated heterocycles. The van der Waals surface area contributed by atoms with Crippen molar-refractivity contribution < 1.29 is 53.7 Å². The summed E-state index contributed by atoms with van der Waals surface area (Å²) in [6.07, 6.45) is 3.64. The highest BCUT2D eigenvalue weighted by Crippen LogP contribution is 2.29. The predicted molar refractivity (Wildman–Crippen MR) is 263 cm³/mol. The van der Waals surface area contributed by atoms with Crippen molar-refractivity contribution in [2.24, 2.45) is 11.7 Å². The molecule has 6 amide bonds. The first-order valence-electron chi connectivity index (χ1n) is 24.6. The molecule has 7 atom stereocenters. The Morgan fingerprint density at radius 1 is 0.819 bits per heavy atom. The number of carboxylic acids is 2. The van der Waals surface area contributed by atoms with Crippen LogP contribution in [0.25, 0.3) is 10.9 Å². The van der Waals surface area contributed by atoms with Crippen molar-refractivity contribution in [2.45, 2.75) is 125 Å². The molecular formula is C49H68N12O11. The highest BCUT2D eigenvalue weighted by molar-refractivity contribution is 5.97. The minimum Gasteiger partial charge on any atom is -0.480 e. The van der Waals surface area contributed by atoms with E-state index in [0.717, 1.165) is 10.9 Å². The summed E-state index contributed by atoms with van der Waals surface area (Å²) in [5, 5.41) is 60.3. The van der Waals surface area contributed by atoms with Gasteiger partial charge in [-0.25, -0.2) is 0 Å². The van der Waals surface area contributed by atoms with Crippen LogP contribution in [0.2, 0.25) is 0 Å². The Kier molecular flexibility index (Phi) is 19.9. The highest BCUT2D eigenvalue weighted by Gasteiger charge is 2.44. The van der Waals surface area contributed by atoms with Crippen LogP contribution in [0.3, 0.4) is 0 Å². The number of amides is 6. The molecule has 23 heteroatoms. The first-order chi connectivity index (χ1) is 34.5. The summed E-state index contributed by atoms with van der Waals surface area (Å²) in [7, 11) is 0. The van der Waals surface area contributed by atoms with E-state index < -0.39 is 109 Å². The Morgan fingerprint density at radius 3 is 2.22 bits per heavy atom. The minimum atomic E-state index is -1.35. The van der Waals surface area contributed by atoms with E-state index in [1.54, 1.807) is 36.5 Å². The molecule has 1 aliphatic carbocycles. The van der Waals surface area contributed by atoms with Crippen molar-refractivity contribution >= 4 is 64.2 Å². The van der Waals surface area contributed by atoms with Gasteiger partial charge in [-0.2, -0.15) is 0 Å². The normalized spacial score (nSPS) is 25.1. The SMILES string of the molecule is N=C(N)NCCC[C@@H]1NC(=O)[C@H](Cc2c[nH]c3ccccc23)NC(=O)[C@@H](C[C@H]2CC[C@@H](O)CC2)NC(=O)[C@@H]2C[C@@H](NCC(=O)O)CN2C(=O)[C@@H](NC(=O)[C@H](Cc2ccccc2)NCC(=O)O)CCCNC1=O. The van der Waals surface area contributed by atoms with Gasteiger partial charge in [0.05, 0.1) is 25.2 Å². The van der Waals surface area contributed by atoms with Crippen molar-refractivity contribution in [1.82, 2.24) is 52.4 Å². The van der Waals surface area contributed by atoms with Crippen LogP contribution < -0.4 is 48.3 Å². The number of hydrogen-bond donors (Lipinski definition) is 14. The Balaban J connectivity index is 1.36. The molecule has 0 unspecified atom stereocenters. The molecule has 3 fully saturated rings. The summed E-state index contributed by atoms with van der Waals surface area (Å²) in [4.78, 5) is 115. The predicted octanol–water partition coefficient (Wildman–Crippen LogP) is -1.31. The molecule has 1 aromatic heterocycles. The second kappa shape index (κ2) is 26.4. The number of hydrogen-bond acceptors (Lipinski definition) is 12. The lowest BCUT2D eigenvalue weighted by Gasteiger charge is -2.33. The Labute approximate surface area is 416 Å². The number of carbonyl (C=O) groups excluding carboxylic acids is 6. The van der Waals surface area contributed by atoms with Gasteiger partial charge in [-0.3, -0.25) is 49.1 Å². The number of nitrogens with two attached hydrogens (primary N) is 1. The zero-order chi connectivity index (χ0) is 51.7. The fourth-order valence-corrected chi connectivity index (χ4v) is 9.68. The van der Waals surface area contributed by atoms with Crippen LogP contribution in [0.4, 0.5) is 0 Å². The summed E-state index contributed by atoms with van der Waals surface area (Å²) in [5.41, 5.74) is 7.67. The molecule has 6 rings (SSSR count). The Morgan fingerprint density at radius 2 is 1.50 bits per heavy atom. The first-order valence-corrected chi connectivity index (χ1v) is 24.6. The van der Waals surface area contributed by atoms with E-state index in [9.17, 15) is 53.7 Å². The lowest BCUT2D eigenvalue weighted by molar-refractivity contribution is -0.143. The smallest absolute Gasteiger partial charge is 0.317 e. The summed E-state index contributed by atoms with van der Waals surface area (Å²) in [6.45, 7) is -1.09. The number of aromatic nitrogens is 1. The van der Waals surface area contributed by atoms with E-state index in [-0.39, 0.29) is 82.9 Å². The number of para-hydroxylation sites is 1. The quantitative estimate of drug-likeness (QED) is 0.0400. The van der Waals surface area contributed by atoms with Gasteiger partial charge in [0.15, 0.2) is 5.96 Å². The molecule has 3 aromatic rings. The molecular weight excluding hydrogens is 933 g/mol. The molecule has 390 valence electrons. The van der Waals surface area contributed by atoms with E-state index in [0.29, 0.717) is 36.8 Å². The summed E-state index contributed by atoms with van der Waals surface area (Å²) in [6, 6.07) is 8.05. The molecule has 3 heterocycles. The largest absolute Gasteiger partial charge is 0.480 e. The second-order valence-electron chi connectivity index (χ2n) is 18.9. The van der Waals surface area contributed by atoms with Crippen LogP contribution in [-0.2, 0) is 51.2 Å². The number of aliphatic hydroxyl groups is 1. The third-order valence-corrected chi connectivity index (χ3v) is 13.5. The number of fused-ring (bicyclic) bond motifs is 2. The van der Waals surface area contributed by atoms with Gasteiger partial charge in [-0.1, -0.05) is 48.5 Å². The van der Waals surface area contributed by atoms with E-state index in [2.05, 4.69) is 47.5 Å². The van der Waals surface area contributed by atoms with Crippen LogP contribution in [0, 0.1) is 11.3 Å². The van der Waals surface area contributed by atoms with Crippen LogP contribution >= 0.6 is 0 Å². The Hall–Kier alpha value is -7.11. The van der Waals surface area contributed by atoms with Crippen LogP contribution in [0.1, 0.15) is 75.3 Å². The molecule has 2 aromatic carbocycles. The maximum absolute atomic E-state index is 15.0. The number of guanidine groups is 1. The summed E-state index contributed by atoms with van der Waals surface area (Å²) in [5.74, 6) is -6.99. The topological polar surface area (TPSA) is 362 Å². The van der Waals surface area contributed by atoms with Gasteiger partial charge < -0.3 is 68.2 Å². The fourth-order valence-electron chi connectivity index (χ4n) is 9.68. The number of H-pyrrole nitrogens is 1. The van der Waals surface area contributed by atoms with E-state index >= 15 is 0 Å². The second-order valence-corrected chi connectivity index (χ2v) is 18.9. The maximum atomic E-state index is 15.0. The molecule has 23 nitrogen and oxygen atoms in total. The monoisotopic (exact) mass is 1000 g/mol. The number of carbonyl (C=O) groups is 8. The van der Waals surface area contributed by atoms with Crippen molar-refractivity contribution in [3.63, 3.8) is 0 Å². The van der Waals surface area contributed by atoms with Gasteiger partial charge in [-0.15, -0.1) is 0 Å².